The highest BCUT2D eigenvalue weighted by molar-refractivity contribution is 5.80. The molecular formula is C15H24N4O. The predicted molar refractivity (Wildman–Crippen MR) is 81.7 cm³/mol. The van der Waals surface area contributed by atoms with Gasteiger partial charge in [0.25, 0.3) is 0 Å². The van der Waals surface area contributed by atoms with Gasteiger partial charge in [-0.2, -0.15) is 0 Å². The molecular weight excluding hydrogens is 252 g/mol. The van der Waals surface area contributed by atoms with Crippen LogP contribution in [0.25, 0.3) is 0 Å². The molecule has 0 aromatic carbocycles. The van der Waals surface area contributed by atoms with Gasteiger partial charge in [-0.3, -0.25) is 4.99 Å². The minimum Gasteiger partial charge on any atom is -0.506 e. The van der Waals surface area contributed by atoms with Crippen LogP contribution in [0, 0.1) is 0 Å². The number of pyridine rings is 1. The molecule has 5 nitrogen and oxygen atoms in total. The van der Waals surface area contributed by atoms with Crippen molar-refractivity contribution in [2.75, 3.05) is 39.8 Å². The lowest BCUT2D eigenvalue weighted by Gasteiger charge is -2.26. The third kappa shape index (κ3) is 4.58. The van der Waals surface area contributed by atoms with Crippen LogP contribution in [0.2, 0.25) is 0 Å². The molecule has 1 aromatic rings. The molecule has 20 heavy (non-hydrogen) atoms. The zero-order valence-corrected chi connectivity index (χ0v) is 12.2. The molecule has 5 heteroatoms. The molecule has 0 saturated carbocycles. The Labute approximate surface area is 120 Å². The molecule has 1 aliphatic rings. The minimum absolute atomic E-state index is 0.195. The van der Waals surface area contributed by atoms with E-state index >= 15 is 0 Å². The standard InChI is InChI=1S/C15H24N4O/c1-16-12-14-15(20)6-5-13(18-14)4-2-3-9-19-10-7-17-8-11-19/h5-6,12,17,20H,2-4,7-11H2,1H3. The number of unbranched alkanes of at least 4 members (excludes halogenated alkanes) is 1. The van der Waals surface area contributed by atoms with E-state index in [1.54, 1.807) is 19.3 Å². The Hall–Kier alpha value is -1.46. The molecule has 1 aliphatic heterocycles. The average molecular weight is 276 g/mol. The molecule has 1 saturated heterocycles. The number of aromatic nitrogens is 1. The number of hydrogen-bond acceptors (Lipinski definition) is 5. The number of nitrogens with one attached hydrogen (secondary N) is 1. The molecule has 2 N–H and O–H groups in total. The van der Waals surface area contributed by atoms with Gasteiger partial charge in [0.1, 0.15) is 11.4 Å². The number of piperazine rings is 1. The lowest BCUT2D eigenvalue weighted by molar-refractivity contribution is 0.237. The third-order valence-electron chi connectivity index (χ3n) is 3.58. The van der Waals surface area contributed by atoms with E-state index in [1.807, 2.05) is 6.07 Å². The van der Waals surface area contributed by atoms with Crippen LogP contribution in [-0.4, -0.2) is 61.0 Å². The first-order valence-electron chi connectivity index (χ1n) is 7.33. The Morgan fingerprint density at radius 1 is 1.35 bits per heavy atom. The summed E-state index contributed by atoms with van der Waals surface area (Å²) in [4.78, 5) is 10.8. The van der Waals surface area contributed by atoms with Crippen molar-refractivity contribution in [3.8, 4) is 5.75 Å². The van der Waals surface area contributed by atoms with Gasteiger partial charge in [0.15, 0.2) is 0 Å². The van der Waals surface area contributed by atoms with Crippen molar-refractivity contribution in [2.24, 2.45) is 4.99 Å². The lowest BCUT2D eigenvalue weighted by Crippen LogP contribution is -2.43. The lowest BCUT2D eigenvalue weighted by atomic mass is 10.1. The maximum Gasteiger partial charge on any atom is 0.142 e. The molecule has 0 atom stereocenters. The van der Waals surface area contributed by atoms with Gasteiger partial charge in [0.2, 0.25) is 0 Å². The molecule has 0 aliphatic carbocycles. The van der Waals surface area contributed by atoms with Crippen LogP contribution in [-0.2, 0) is 6.42 Å². The number of aliphatic imine (C=N–C) groups is 1. The molecule has 0 spiro atoms. The van der Waals surface area contributed by atoms with E-state index in [9.17, 15) is 5.11 Å². The van der Waals surface area contributed by atoms with Crippen LogP contribution in [0.4, 0.5) is 0 Å². The molecule has 110 valence electrons. The Bertz CT molecular complexity index is 441. The normalized spacial score (nSPS) is 16.9. The van der Waals surface area contributed by atoms with E-state index in [2.05, 4.69) is 20.2 Å². The van der Waals surface area contributed by atoms with Crippen molar-refractivity contribution >= 4 is 6.21 Å². The van der Waals surface area contributed by atoms with Crippen molar-refractivity contribution < 1.29 is 5.11 Å². The van der Waals surface area contributed by atoms with Gasteiger partial charge in [-0.1, -0.05) is 0 Å². The Balaban J connectivity index is 1.74. The molecule has 2 heterocycles. The van der Waals surface area contributed by atoms with Gasteiger partial charge in [-0.15, -0.1) is 0 Å². The highest BCUT2D eigenvalue weighted by Gasteiger charge is 2.08. The summed E-state index contributed by atoms with van der Waals surface area (Å²) in [7, 11) is 1.68. The monoisotopic (exact) mass is 276 g/mol. The largest absolute Gasteiger partial charge is 0.506 e. The maximum atomic E-state index is 9.64. The highest BCUT2D eigenvalue weighted by atomic mass is 16.3. The first-order chi connectivity index (χ1) is 9.79. The minimum atomic E-state index is 0.195. The molecule has 1 aromatic heterocycles. The van der Waals surface area contributed by atoms with Crippen LogP contribution in [0.1, 0.15) is 24.2 Å². The van der Waals surface area contributed by atoms with Crippen molar-refractivity contribution in [2.45, 2.75) is 19.3 Å². The molecule has 0 unspecified atom stereocenters. The summed E-state index contributed by atoms with van der Waals surface area (Å²) >= 11 is 0. The fourth-order valence-corrected chi connectivity index (χ4v) is 2.44. The number of rotatable bonds is 6. The molecule has 2 rings (SSSR count). The first-order valence-corrected chi connectivity index (χ1v) is 7.33. The average Bonchev–Trinajstić information content (AvgIpc) is 2.48. The van der Waals surface area contributed by atoms with Crippen LogP contribution >= 0.6 is 0 Å². The maximum absolute atomic E-state index is 9.64. The summed E-state index contributed by atoms with van der Waals surface area (Å²) in [5.41, 5.74) is 1.59. The number of aryl methyl sites for hydroxylation is 1. The van der Waals surface area contributed by atoms with Gasteiger partial charge >= 0.3 is 0 Å². The van der Waals surface area contributed by atoms with Crippen molar-refractivity contribution in [3.05, 3.63) is 23.5 Å². The van der Waals surface area contributed by atoms with E-state index in [0.717, 1.165) is 44.7 Å². The summed E-state index contributed by atoms with van der Waals surface area (Å²) in [6, 6.07) is 3.60. The van der Waals surface area contributed by atoms with Gasteiger partial charge in [0.05, 0.1) is 6.21 Å². The Morgan fingerprint density at radius 2 is 2.15 bits per heavy atom. The van der Waals surface area contributed by atoms with Gasteiger partial charge in [0, 0.05) is 38.9 Å². The molecule has 1 fully saturated rings. The third-order valence-corrected chi connectivity index (χ3v) is 3.58. The summed E-state index contributed by atoms with van der Waals surface area (Å²) in [5, 5.41) is 13.0. The quantitative estimate of drug-likeness (QED) is 0.602. The van der Waals surface area contributed by atoms with Gasteiger partial charge in [-0.25, -0.2) is 4.98 Å². The highest BCUT2D eigenvalue weighted by Crippen LogP contribution is 2.14. The van der Waals surface area contributed by atoms with Crippen molar-refractivity contribution in [1.82, 2.24) is 15.2 Å². The second-order valence-corrected chi connectivity index (χ2v) is 5.14. The zero-order valence-electron chi connectivity index (χ0n) is 12.2. The van der Waals surface area contributed by atoms with Crippen LogP contribution in [0.15, 0.2) is 17.1 Å². The second-order valence-electron chi connectivity index (χ2n) is 5.14. The molecule has 0 radical (unpaired) electrons. The Morgan fingerprint density at radius 3 is 2.90 bits per heavy atom. The topological polar surface area (TPSA) is 60.8 Å². The van der Waals surface area contributed by atoms with E-state index in [4.69, 9.17) is 0 Å². The van der Waals surface area contributed by atoms with Crippen LogP contribution in [0.3, 0.4) is 0 Å². The molecule has 0 bridgehead atoms. The smallest absolute Gasteiger partial charge is 0.142 e. The van der Waals surface area contributed by atoms with E-state index in [0.29, 0.717) is 5.69 Å². The van der Waals surface area contributed by atoms with Gasteiger partial charge in [-0.05, 0) is 37.9 Å². The predicted octanol–water partition coefficient (Wildman–Crippen LogP) is 1.06. The summed E-state index contributed by atoms with van der Waals surface area (Å²) in [6.07, 6.45) is 4.88. The summed E-state index contributed by atoms with van der Waals surface area (Å²) in [6.45, 7) is 5.71. The van der Waals surface area contributed by atoms with E-state index < -0.39 is 0 Å². The summed E-state index contributed by atoms with van der Waals surface area (Å²) < 4.78 is 0. The summed E-state index contributed by atoms with van der Waals surface area (Å²) in [5.74, 6) is 0.195. The number of aromatic hydroxyl groups is 1. The first kappa shape index (κ1) is 14.9. The number of hydrogen-bond donors (Lipinski definition) is 2. The van der Waals surface area contributed by atoms with Gasteiger partial charge < -0.3 is 15.3 Å². The zero-order chi connectivity index (χ0) is 14.2. The van der Waals surface area contributed by atoms with Crippen LogP contribution < -0.4 is 5.32 Å². The second kappa shape index (κ2) is 7.97. The Kier molecular flexibility index (Phi) is 5.95. The number of nitrogens with zero attached hydrogens (tertiary/aromatic N) is 3. The molecule has 0 amide bonds. The van der Waals surface area contributed by atoms with E-state index in [-0.39, 0.29) is 5.75 Å². The fraction of sp³-hybridized carbons (Fsp3) is 0.600. The van der Waals surface area contributed by atoms with Crippen molar-refractivity contribution in [1.29, 1.82) is 0 Å². The van der Waals surface area contributed by atoms with Crippen molar-refractivity contribution in [3.63, 3.8) is 0 Å². The SMILES string of the molecule is CN=Cc1nc(CCCCN2CCNCC2)ccc1O. The van der Waals surface area contributed by atoms with E-state index in [1.165, 1.54) is 13.0 Å². The van der Waals surface area contributed by atoms with Crippen LogP contribution in [0.5, 0.6) is 5.75 Å². The fourth-order valence-electron chi connectivity index (χ4n) is 2.44.